The highest BCUT2D eigenvalue weighted by molar-refractivity contribution is 5.98. The maximum absolute atomic E-state index is 12.1. The van der Waals surface area contributed by atoms with Gasteiger partial charge in [-0.1, -0.05) is 42.5 Å². The molecule has 0 atom stereocenters. The van der Waals surface area contributed by atoms with Crippen molar-refractivity contribution in [2.45, 2.75) is 26.6 Å². The summed E-state index contributed by atoms with van der Waals surface area (Å²) in [5.41, 5.74) is 0.981. The van der Waals surface area contributed by atoms with Crippen molar-refractivity contribution in [3.05, 3.63) is 60.2 Å². The van der Waals surface area contributed by atoms with E-state index in [1.807, 2.05) is 30.3 Å². The molecule has 0 N–H and O–H groups in total. The van der Waals surface area contributed by atoms with Crippen LogP contribution in [0.1, 0.15) is 19.4 Å². The Bertz CT molecular complexity index is 695. The Balaban J connectivity index is 2.15. The van der Waals surface area contributed by atoms with E-state index < -0.39 is 18.0 Å². The zero-order chi connectivity index (χ0) is 18.8. The largest absolute Gasteiger partial charge is 0.485 e. The topological polar surface area (TPSA) is 71.1 Å². The lowest BCUT2D eigenvalue weighted by Crippen LogP contribution is -2.38. The van der Waals surface area contributed by atoms with Crippen molar-refractivity contribution < 1.29 is 28.5 Å². The summed E-state index contributed by atoms with van der Waals surface area (Å²) < 4.78 is 21.2. The molecule has 2 aromatic rings. The second kappa shape index (κ2) is 10.1. The van der Waals surface area contributed by atoms with Crippen LogP contribution in [0.4, 0.5) is 0 Å². The third-order valence-electron chi connectivity index (χ3n) is 3.33. The average Bonchev–Trinajstić information content (AvgIpc) is 2.66. The summed E-state index contributed by atoms with van der Waals surface area (Å²) in [6, 6.07) is 16.4. The number of carbonyl (C=O) groups is 2. The molecule has 0 aliphatic heterocycles. The van der Waals surface area contributed by atoms with Crippen LogP contribution in [-0.2, 0) is 25.7 Å². The fourth-order valence-electron chi connectivity index (χ4n) is 2.16. The highest BCUT2D eigenvalue weighted by atomic mass is 16.6. The molecule has 6 heteroatoms. The molecular weight excluding hydrogens is 336 g/mol. The monoisotopic (exact) mass is 358 g/mol. The molecule has 0 saturated carbocycles. The molecule has 138 valence electrons. The van der Waals surface area contributed by atoms with Gasteiger partial charge in [-0.05, 0) is 31.5 Å². The first-order chi connectivity index (χ1) is 12.7. The average molecular weight is 358 g/mol. The van der Waals surface area contributed by atoms with Crippen LogP contribution in [0.25, 0.3) is 0 Å². The van der Waals surface area contributed by atoms with Crippen molar-refractivity contribution in [2.75, 3.05) is 13.2 Å². The van der Waals surface area contributed by atoms with Crippen LogP contribution in [0.5, 0.6) is 11.5 Å². The number of ether oxygens (including phenoxy) is 4. The molecule has 0 aromatic heterocycles. The minimum absolute atomic E-state index is 0.129. The standard InChI is InChI=1S/C20H22O6/c1-3-23-19(21)18(20(22)24-4-2)26-17-13-9-8-12-16(17)25-14-15-10-6-5-7-11-15/h5-13,18H,3-4,14H2,1-2H3. The molecule has 2 aromatic carbocycles. The molecule has 0 radical (unpaired) electrons. The van der Waals surface area contributed by atoms with Gasteiger partial charge in [0.25, 0.3) is 6.10 Å². The van der Waals surface area contributed by atoms with Crippen molar-refractivity contribution in [1.29, 1.82) is 0 Å². The number of hydrogen-bond acceptors (Lipinski definition) is 6. The van der Waals surface area contributed by atoms with E-state index in [0.717, 1.165) is 5.56 Å². The van der Waals surface area contributed by atoms with Gasteiger partial charge in [0, 0.05) is 0 Å². The fraction of sp³-hybridized carbons (Fsp3) is 0.300. The Morgan fingerprint density at radius 3 is 1.92 bits per heavy atom. The number of esters is 2. The summed E-state index contributed by atoms with van der Waals surface area (Å²) in [7, 11) is 0. The van der Waals surface area contributed by atoms with Gasteiger partial charge in [0.15, 0.2) is 11.5 Å². The SMILES string of the molecule is CCOC(=O)C(Oc1ccccc1OCc1ccccc1)C(=O)OCC. The van der Waals surface area contributed by atoms with Gasteiger partial charge in [-0.3, -0.25) is 0 Å². The van der Waals surface area contributed by atoms with E-state index in [0.29, 0.717) is 12.4 Å². The van der Waals surface area contributed by atoms with Gasteiger partial charge < -0.3 is 18.9 Å². The predicted octanol–water partition coefficient (Wildman–Crippen LogP) is 3.14. The van der Waals surface area contributed by atoms with Crippen LogP contribution in [0.3, 0.4) is 0 Å². The summed E-state index contributed by atoms with van der Waals surface area (Å²) in [4.78, 5) is 24.1. The fourth-order valence-corrected chi connectivity index (χ4v) is 2.16. The lowest BCUT2D eigenvalue weighted by Gasteiger charge is -2.18. The van der Waals surface area contributed by atoms with Crippen molar-refractivity contribution in [3.8, 4) is 11.5 Å². The number of para-hydroxylation sites is 2. The first-order valence-electron chi connectivity index (χ1n) is 8.41. The van der Waals surface area contributed by atoms with E-state index >= 15 is 0 Å². The highest BCUT2D eigenvalue weighted by Crippen LogP contribution is 2.28. The molecule has 0 amide bonds. The van der Waals surface area contributed by atoms with Crippen molar-refractivity contribution >= 4 is 11.9 Å². The molecular formula is C20H22O6. The van der Waals surface area contributed by atoms with Crippen LogP contribution in [0.2, 0.25) is 0 Å². The number of rotatable bonds is 9. The van der Waals surface area contributed by atoms with Crippen LogP contribution in [0, 0.1) is 0 Å². The molecule has 6 nitrogen and oxygen atoms in total. The molecule has 0 spiro atoms. The van der Waals surface area contributed by atoms with Gasteiger partial charge >= 0.3 is 11.9 Å². The van der Waals surface area contributed by atoms with Crippen LogP contribution < -0.4 is 9.47 Å². The molecule has 0 aliphatic rings. The van der Waals surface area contributed by atoms with Gasteiger partial charge in [0.05, 0.1) is 13.2 Å². The highest BCUT2D eigenvalue weighted by Gasteiger charge is 2.32. The quantitative estimate of drug-likeness (QED) is 0.507. The minimum Gasteiger partial charge on any atom is -0.485 e. The second-order valence-corrected chi connectivity index (χ2v) is 5.22. The molecule has 26 heavy (non-hydrogen) atoms. The van der Waals surface area contributed by atoms with Gasteiger partial charge in [-0.2, -0.15) is 0 Å². The van der Waals surface area contributed by atoms with E-state index in [1.54, 1.807) is 38.1 Å². The van der Waals surface area contributed by atoms with Crippen molar-refractivity contribution in [1.82, 2.24) is 0 Å². The molecule has 0 heterocycles. The molecule has 0 unspecified atom stereocenters. The smallest absolute Gasteiger partial charge is 0.359 e. The van der Waals surface area contributed by atoms with Crippen molar-refractivity contribution in [2.24, 2.45) is 0 Å². The molecule has 2 rings (SSSR count). The van der Waals surface area contributed by atoms with E-state index in [4.69, 9.17) is 18.9 Å². The molecule has 0 saturated heterocycles. The summed E-state index contributed by atoms with van der Waals surface area (Å²) in [6.45, 7) is 3.88. The van der Waals surface area contributed by atoms with E-state index in [1.165, 1.54) is 0 Å². The third-order valence-corrected chi connectivity index (χ3v) is 3.33. The zero-order valence-electron chi connectivity index (χ0n) is 14.8. The van der Waals surface area contributed by atoms with Crippen molar-refractivity contribution in [3.63, 3.8) is 0 Å². The van der Waals surface area contributed by atoms with Gasteiger partial charge in [0.1, 0.15) is 6.61 Å². The lowest BCUT2D eigenvalue weighted by molar-refractivity contribution is -0.166. The van der Waals surface area contributed by atoms with Gasteiger partial charge in [-0.25, -0.2) is 9.59 Å². The minimum atomic E-state index is -1.50. The van der Waals surface area contributed by atoms with Gasteiger partial charge in [-0.15, -0.1) is 0 Å². The van der Waals surface area contributed by atoms with Crippen LogP contribution in [-0.4, -0.2) is 31.3 Å². The maximum Gasteiger partial charge on any atom is 0.359 e. The summed E-state index contributed by atoms with van der Waals surface area (Å²) in [5.74, 6) is -0.933. The lowest BCUT2D eigenvalue weighted by atomic mass is 10.2. The number of hydrogen-bond donors (Lipinski definition) is 0. The number of carbonyl (C=O) groups excluding carboxylic acids is 2. The Hall–Kier alpha value is -3.02. The maximum atomic E-state index is 12.1. The van der Waals surface area contributed by atoms with E-state index in [-0.39, 0.29) is 19.0 Å². The Kier molecular flexibility index (Phi) is 7.49. The first-order valence-corrected chi connectivity index (χ1v) is 8.41. The van der Waals surface area contributed by atoms with Crippen LogP contribution >= 0.6 is 0 Å². The van der Waals surface area contributed by atoms with Gasteiger partial charge in [0.2, 0.25) is 0 Å². The molecule has 0 aliphatic carbocycles. The summed E-state index contributed by atoms with van der Waals surface area (Å²) in [5, 5.41) is 0. The predicted molar refractivity (Wildman–Crippen MR) is 94.9 cm³/mol. The van der Waals surface area contributed by atoms with E-state index in [2.05, 4.69) is 0 Å². The third kappa shape index (κ3) is 5.51. The summed E-state index contributed by atoms with van der Waals surface area (Å²) in [6.07, 6.45) is -1.50. The Morgan fingerprint density at radius 2 is 1.35 bits per heavy atom. The first kappa shape index (κ1) is 19.3. The van der Waals surface area contributed by atoms with Crippen LogP contribution in [0.15, 0.2) is 54.6 Å². The second-order valence-electron chi connectivity index (χ2n) is 5.22. The Labute approximate surface area is 152 Å². The zero-order valence-corrected chi connectivity index (χ0v) is 14.8. The molecule has 0 fully saturated rings. The normalized spacial score (nSPS) is 10.3. The van der Waals surface area contributed by atoms with E-state index in [9.17, 15) is 9.59 Å². The molecule has 0 bridgehead atoms. The summed E-state index contributed by atoms with van der Waals surface area (Å²) >= 11 is 0. The number of benzene rings is 2. The Morgan fingerprint density at radius 1 is 0.808 bits per heavy atom.